The number of aromatic nitrogens is 1. The maximum absolute atomic E-state index is 13.4. The predicted molar refractivity (Wildman–Crippen MR) is 172 cm³/mol. The van der Waals surface area contributed by atoms with Crippen molar-refractivity contribution in [1.29, 1.82) is 0 Å². The van der Waals surface area contributed by atoms with E-state index in [9.17, 15) is 19.5 Å². The van der Waals surface area contributed by atoms with Crippen LogP contribution in [0.15, 0.2) is 109 Å². The normalized spacial score (nSPS) is 13.7. The molecule has 0 radical (unpaired) electrons. The van der Waals surface area contributed by atoms with E-state index < -0.39 is 42.1 Å². The lowest BCUT2D eigenvalue weighted by Gasteiger charge is -2.29. The summed E-state index contributed by atoms with van der Waals surface area (Å²) in [7, 11) is 0. The summed E-state index contributed by atoms with van der Waals surface area (Å²) >= 11 is 0. The molecule has 0 aliphatic rings. The van der Waals surface area contributed by atoms with E-state index in [1.807, 2.05) is 60.7 Å². The summed E-state index contributed by atoms with van der Waals surface area (Å²) in [5, 5.41) is 19.7. The molecule has 0 fully saturated rings. The maximum atomic E-state index is 13.4. The minimum absolute atomic E-state index is 0.125. The predicted octanol–water partition coefficient (Wildman–Crippen LogP) is 3.07. The van der Waals surface area contributed by atoms with Crippen molar-refractivity contribution in [3.8, 4) is 16.9 Å². The van der Waals surface area contributed by atoms with Gasteiger partial charge in [-0.15, -0.1) is 0 Å². The van der Waals surface area contributed by atoms with Crippen LogP contribution in [0.4, 0.5) is 0 Å². The molecule has 1 heterocycles. The van der Waals surface area contributed by atoms with Gasteiger partial charge >= 0.3 is 0 Å². The van der Waals surface area contributed by atoms with Gasteiger partial charge in [-0.25, -0.2) is 0 Å². The summed E-state index contributed by atoms with van der Waals surface area (Å²) in [6.45, 7) is 3.45. The van der Waals surface area contributed by atoms with E-state index in [1.165, 1.54) is 6.20 Å². The highest BCUT2D eigenvalue weighted by atomic mass is 16.5. The average Bonchev–Trinajstić information content (AvgIpc) is 3.06. The third-order valence-corrected chi connectivity index (χ3v) is 7.19. The summed E-state index contributed by atoms with van der Waals surface area (Å²) in [4.78, 5) is 42.6. The molecule has 10 nitrogen and oxygen atoms in total. The first kappa shape index (κ1) is 32.8. The second-order valence-electron chi connectivity index (χ2n) is 11.0. The molecule has 3 amide bonds. The van der Waals surface area contributed by atoms with E-state index in [2.05, 4.69) is 20.9 Å². The third-order valence-electron chi connectivity index (χ3n) is 7.19. The number of nitrogens with one attached hydrogen (secondary N) is 3. The zero-order chi connectivity index (χ0) is 32.2. The largest absolute Gasteiger partial charge is 0.468 e. The molecule has 4 rings (SSSR count). The minimum Gasteiger partial charge on any atom is -0.468 e. The number of hydrogen-bond donors (Lipinski definition) is 5. The number of rotatable bonds is 15. The summed E-state index contributed by atoms with van der Waals surface area (Å²) in [6, 6.07) is 29.7. The van der Waals surface area contributed by atoms with Crippen LogP contribution in [0.3, 0.4) is 0 Å². The Balaban J connectivity index is 1.43. The van der Waals surface area contributed by atoms with Gasteiger partial charge in [0.15, 0.2) is 6.23 Å². The molecular weight excluding hydrogens is 570 g/mol. The lowest BCUT2D eigenvalue weighted by atomic mass is 10.0. The van der Waals surface area contributed by atoms with Crippen molar-refractivity contribution in [2.75, 3.05) is 6.54 Å². The van der Waals surface area contributed by atoms with Gasteiger partial charge in [0.1, 0.15) is 23.6 Å². The van der Waals surface area contributed by atoms with Crippen molar-refractivity contribution in [3.63, 3.8) is 0 Å². The van der Waals surface area contributed by atoms with Crippen LogP contribution in [0.5, 0.6) is 5.75 Å². The number of amides is 3. The van der Waals surface area contributed by atoms with Gasteiger partial charge in [-0.2, -0.15) is 0 Å². The molecule has 0 saturated heterocycles. The SMILES string of the molecule is CC(C)[C@H](NC(=O)c1ccccn1)C(=O)N[C@@H](Oc1ccccc1)[C@@H](O)CN[C@@H](Cc1ccc(-c2ccccc2)cc1)C(N)=O. The number of nitrogens with zero attached hydrogens (tertiary/aromatic N) is 1. The zero-order valence-corrected chi connectivity index (χ0v) is 25.3. The van der Waals surface area contributed by atoms with Crippen molar-refractivity contribution in [2.24, 2.45) is 11.7 Å². The number of hydrogen-bond acceptors (Lipinski definition) is 7. The first-order valence-corrected chi connectivity index (χ1v) is 14.8. The maximum Gasteiger partial charge on any atom is 0.270 e. The fraction of sp³-hybridized carbons (Fsp3) is 0.257. The topological polar surface area (TPSA) is 156 Å². The first-order valence-electron chi connectivity index (χ1n) is 14.8. The van der Waals surface area contributed by atoms with E-state index in [4.69, 9.17) is 10.5 Å². The molecular formula is C35H39N5O5. The molecule has 0 unspecified atom stereocenters. The molecule has 0 saturated carbocycles. The molecule has 234 valence electrons. The zero-order valence-electron chi connectivity index (χ0n) is 25.3. The average molecular weight is 610 g/mol. The van der Waals surface area contributed by atoms with Crippen LogP contribution in [0.1, 0.15) is 29.9 Å². The monoisotopic (exact) mass is 609 g/mol. The Hall–Kier alpha value is -5.06. The number of carbonyl (C=O) groups is 3. The fourth-order valence-electron chi connectivity index (χ4n) is 4.67. The van der Waals surface area contributed by atoms with Crippen molar-refractivity contribution in [2.45, 2.75) is 44.7 Å². The molecule has 10 heteroatoms. The van der Waals surface area contributed by atoms with Crippen LogP contribution in [0, 0.1) is 5.92 Å². The van der Waals surface area contributed by atoms with Crippen molar-refractivity contribution < 1.29 is 24.2 Å². The fourth-order valence-corrected chi connectivity index (χ4v) is 4.67. The number of para-hydroxylation sites is 1. The Kier molecular flexibility index (Phi) is 11.8. The van der Waals surface area contributed by atoms with Gasteiger partial charge in [0, 0.05) is 12.7 Å². The lowest BCUT2D eigenvalue weighted by Crippen LogP contribution is -2.58. The Morgan fingerprint density at radius 2 is 1.44 bits per heavy atom. The van der Waals surface area contributed by atoms with E-state index in [1.54, 1.807) is 56.3 Å². The number of benzene rings is 3. The van der Waals surface area contributed by atoms with Gasteiger partial charge in [0.25, 0.3) is 5.91 Å². The summed E-state index contributed by atoms with van der Waals surface area (Å²) < 4.78 is 5.97. The van der Waals surface area contributed by atoms with Crippen LogP contribution in [0.25, 0.3) is 11.1 Å². The number of aliphatic hydroxyl groups is 1. The molecule has 0 bridgehead atoms. The molecule has 0 aliphatic heterocycles. The van der Waals surface area contributed by atoms with Gasteiger partial charge in [-0.3, -0.25) is 19.4 Å². The molecule has 3 aromatic carbocycles. The number of carbonyl (C=O) groups excluding carboxylic acids is 3. The number of nitrogens with two attached hydrogens (primary N) is 1. The van der Waals surface area contributed by atoms with Gasteiger partial charge in [-0.05, 0) is 53.3 Å². The van der Waals surface area contributed by atoms with Crippen molar-refractivity contribution in [3.05, 3.63) is 121 Å². The number of pyridine rings is 1. The molecule has 4 aromatic rings. The van der Waals surface area contributed by atoms with E-state index in [0.717, 1.165) is 16.7 Å². The highest BCUT2D eigenvalue weighted by Gasteiger charge is 2.31. The summed E-state index contributed by atoms with van der Waals surface area (Å²) in [5.74, 6) is -1.54. The van der Waals surface area contributed by atoms with Crippen LogP contribution in [0.2, 0.25) is 0 Å². The highest BCUT2D eigenvalue weighted by molar-refractivity contribution is 5.96. The van der Waals surface area contributed by atoms with Gasteiger partial charge in [-0.1, -0.05) is 92.7 Å². The first-order chi connectivity index (χ1) is 21.7. The molecule has 1 aromatic heterocycles. The second-order valence-corrected chi connectivity index (χ2v) is 11.0. The Bertz CT molecular complexity index is 1520. The number of primary amides is 1. The lowest BCUT2D eigenvalue weighted by molar-refractivity contribution is -0.129. The van der Waals surface area contributed by atoms with E-state index in [0.29, 0.717) is 12.2 Å². The Morgan fingerprint density at radius 3 is 2.04 bits per heavy atom. The van der Waals surface area contributed by atoms with Crippen molar-refractivity contribution in [1.82, 2.24) is 20.9 Å². The summed E-state index contributed by atoms with van der Waals surface area (Å²) in [5.41, 5.74) is 8.89. The van der Waals surface area contributed by atoms with Crippen LogP contribution in [-0.2, 0) is 16.0 Å². The summed E-state index contributed by atoms with van der Waals surface area (Å²) in [6.07, 6.45) is -0.733. The Morgan fingerprint density at radius 1 is 0.822 bits per heavy atom. The highest BCUT2D eigenvalue weighted by Crippen LogP contribution is 2.20. The standard InChI is InChI=1S/C35H39N5O5/c1-23(2)31(39-33(43)28-15-9-10-20-37-28)34(44)40-35(45-27-13-7-4-8-14-27)30(41)22-38-29(32(36)42)21-24-16-18-26(19-17-24)25-11-5-3-6-12-25/h3-20,23,29-31,35,38,41H,21-22H2,1-2H3,(H2,36,42)(H,39,43)(H,40,44)/t29-,30-,31-,35-/m0/s1. The van der Waals surface area contributed by atoms with Crippen LogP contribution < -0.4 is 26.4 Å². The van der Waals surface area contributed by atoms with Crippen molar-refractivity contribution >= 4 is 17.7 Å². The molecule has 4 atom stereocenters. The van der Waals surface area contributed by atoms with Gasteiger partial charge < -0.3 is 31.5 Å². The smallest absolute Gasteiger partial charge is 0.270 e. The Labute approximate surface area is 263 Å². The quantitative estimate of drug-likeness (QED) is 0.130. The van der Waals surface area contributed by atoms with Crippen LogP contribution in [-0.4, -0.2) is 58.8 Å². The van der Waals surface area contributed by atoms with Gasteiger partial charge in [0.2, 0.25) is 11.8 Å². The van der Waals surface area contributed by atoms with Gasteiger partial charge in [0.05, 0.1) is 6.04 Å². The molecule has 0 aliphatic carbocycles. The number of ether oxygens (including phenoxy) is 1. The minimum atomic E-state index is -1.30. The van der Waals surface area contributed by atoms with Crippen LogP contribution >= 0.6 is 0 Å². The molecule has 6 N–H and O–H groups in total. The second kappa shape index (κ2) is 16.1. The molecule has 45 heavy (non-hydrogen) atoms. The third kappa shape index (κ3) is 9.72. The number of aliphatic hydroxyl groups excluding tert-OH is 1. The molecule has 0 spiro atoms. The van der Waals surface area contributed by atoms with E-state index >= 15 is 0 Å². The van der Waals surface area contributed by atoms with E-state index in [-0.39, 0.29) is 18.2 Å².